The second-order valence-electron chi connectivity index (χ2n) is 8.54. The summed E-state index contributed by atoms with van der Waals surface area (Å²) in [5, 5.41) is 22.3. The standard InChI is InChI=1S/C16H30N8O2S2/c1-15(2,11-23-13-17-19-21-23)5-7-27(25)9-10-28(26)8-6-16(3,4)12-24-14-18-20-22-24/h13-14H,5-12H2,1-4H3. The monoisotopic (exact) mass is 430 g/mol. The molecule has 0 aliphatic rings. The number of hydrogen-bond donors (Lipinski definition) is 0. The predicted octanol–water partition coefficient (Wildman–Crippen LogP) is 0.690. The van der Waals surface area contributed by atoms with Gasteiger partial charge in [0.25, 0.3) is 0 Å². The number of aromatic nitrogens is 8. The number of hydrogen-bond acceptors (Lipinski definition) is 8. The van der Waals surface area contributed by atoms with Crippen LogP contribution in [0.25, 0.3) is 0 Å². The van der Waals surface area contributed by atoms with Crippen molar-refractivity contribution in [1.29, 1.82) is 0 Å². The Kier molecular flexibility index (Phi) is 8.35. The molecule has 0 aliphatic carbocycles. The molecule has 10 nitrogen and oxygen atoms in total. The molecule has 12 heteroatoms. The summed E-state index contributed by atoms with van der Waals surface area (Å²) < 4.78 is 28.0. The third-order valence-corrected chi connectivity index (χ3v) is 7.41. The average molecular weight is 431 g/mol. The maximum absolute atomic E-state index is 12.3. The van der Waals surface area contributed by atoms with Crippen molar-refractivity contribution >= 4 is 21.6 Å². The van der Waals surface area contributed by atoms with Gasteiger partial charge >= 0.3 is 0 Å². The SMILES string of the molecule is CC(C)(CCS(=O)CCS(=O)CCC(C)(C)Cn1cnnn1)Cn1cnnn1. The zero-order valence-corrected chi connectivity index (χ0v) is 18.7. The summed E-state index contributed by atoms with van der Waals surface area (Å²) in [5.41, 5.74) is -0.102. The molecular weight excluding hydrogens is 400 g/mol. The highest BCUT2D eigenvalue weighted by Gasteiger charge is 2.22. The first-order valence-corrected chi connectivity index (χ1v) is 12.2. The minimum Gasteiger partial charge on any atom is -0.260 e. The molecule has 2 rings (SSSR count). The molecule has 0 radical (unpaired) electrons. The van der Waals surface area contributed by atoms with Crippen LogP contribution in [-0.4, -0.2) is 71.8 Å². The highest BCUT2D eigenvalue weighted by molar-refractivity contribution is 7.88. The summed E-state index contributed by atoms with van der Waals surface area (Å²) in [6.07, 6.45) is 4.77. The van der Waals surface area contributed by atoms with Crippen LogP contribution in [-0.2, 0) is 34.7 Å². The second-order valence-corrected chi connectivity index (χ2v) is 11.9. The summed E-state index contributed by atoms with van der Waals surface area (Å²) in [5.74, 6) is 2.14. The van der Waals surface area contributed by atoms with E-state index in [9.17, 15) is 8.42 Å². The molecule has 0 aromatic carbocycles. The highest BCUT2D eigenvalue weighted by Crippen LogP contribution is 2.23. The van der Waals surface area contributed by atoms with E-state index in [1.54, 1.807) is 22.0 Å². The summed E-state index contributed by atoms with van der Waals surface area (Å²) in [6, 6.07) is 0. The maximum atomic E-state index is 12.3. The molecule has 28 heavy (non-hydrogen) atoms. The predicted molar refractivity (Wildman–Crippen MR) is 108 cm³/mol. The van der Waals surface area contributed by atoms with Gasteiger partial charge in [0.15, 0.2) is 0 Å². The van der Waals surface area contributed by atoms with Crippen molar-refractivity contribution in [1.82, 2.24) is 40.4 Å². The molecule has 158 valence electrons. The largest absolute Gasteiger partial charge is 0.260 e. The smallest absolute Gasteiger partial charge is 0.138 e. The minimum atomic E-state index is -0.971. The van der Waals surface area contributed by atoms with Crippen molar-refractivity contribution in [2.45, 2.75) is 53.6 Å². The lowest BCUT2D eigenvalue weighted by atomic mass is 9.90. The van der Waals surface area contributed by atoms with Crippen LogP contribution in [0.5, 0.6) is 0 Å². The van der Waals surface area contributed by atoms with E-state index in [1.165, 1.54) is 0 Å². The molecule has 0 amide bonds. The lowest BCUT2D eigenvalue weighted by molar-refractivity contribution is 0.278. The summed E-state index contributed by atoms with van der Waals surface area (Å²) in [7, 11) is -1.94. The highest BCUT2D eigenvalue weighted by atomic mass is 32.2. The quantitative estimate of drug-likeness (QED) is 0.455. The van der Waals surface area contributed by atoms with Gasteiger partial charge in [-0.3, -0.25) is 8.42 Å². The molecule has 0 aliphatic heterocycles. The van der Waals surface area contributed by atoms with E-state index < -0.39 is 21.6 Å². The molecule has 0 N–H and O–H groups in total. The molecular formula is C16H30N8O2S2. The molecule has 2 aromatic rings. The van der Waals surface area contributed by atoms with Gasteiger partial charge in [0.1, 0.15) is 12.7 Å². The molecule has 0 fully saturated rings. The third kappa shape index (κ3) is 8.63. The fourth-order valence-corrected chi connectivity index (χ4v) is 6.17. The van der Waals surface area contributed by atoms with Crippen molar-refractivity contribution in [3.63, 3.8) is 0 Å². The van der Waals surface area contributed by atoms with Crippen molar-refractivity contribution < 1.29 is 8.42 Å². The average Bonchev–Trinajstić information content (AvgIpc) is 3.30. The lowest BCUT2D eigenvalue weighted by Crippen LogP contribution is -2.25. The molecule has 2 atom stereocenters. The fraction of sp³-hybridized carbons (Fsp3) is 0.875. The van der Waals surface area contributed by atoms with Gasteiger partial charge in [-0.1, -0.05) is 27.7 Å². The number of tetrazole rings is 2. The Bertz CT molecular complexity index is 683. The van der Waals surface area contributed by atoms with Crippen molar-refractivity contribution in [2.24, 2.45) is 10.8 Å². The van der Waals surface area contributed by atoms with Crippen LogP contribution < -0.4 is 0 Å². The van der Waals surface area contributed by atoms with Crippen molar-refractivity contribution in [3.05, 3.63) is 12.7 Å². The van der Waals surface area contributed by atoms with Crippen molar-refractivity contribution in [3.8, 4) is 0 Å². The van der Waals surface area contributed by atoms with Crippen LogP contribution in [0.15, 0.2) is 12.7 Å². The van der Waals surface area contributed by atoms with Gasteiger partial charge in [0.05, 0.1) is 0 Å². The van der Waals surface area contributed by atoms with Crippen LogP contribution in [0.2, 0.25) is 0 Å². The van der Waals surface area contributed by atoms with E-state index in [0.29, 0.717) is 36.1 Å². The molecule has 2 unspecified atom stereocenters. The van der Waals surface area contributed by atoms with Crippen LogP contribution >= 0.6 is 0 Å². The molecule has 0 saturated carbocycles. The number of rotatable bonds is 13. The molecule has 2 heterocycles. The molecule has 0 saturated heterocycles. The number of nitrogens with zero attached hydrogens (tertiary/aromatic N) is 8. The fourth-order valence-electron chi connectivity index (χ4n) is 2.71. The van der Waals surface area contributed by atoms with E-state index in [1.807, 2.05) is 0 Å². The molecule has 0 bridgehead atoms. The van der Waals surface area contributed by atoms with Gasteiger partial charge in [0, 0.05) is 57.7 Å². The first-order chi connectivity index (χ1) is 13.2. The van der Waals surface area contributed by atoms with Crippen LogP contribution in [0.4, 0.5) is 0 Å². The minimum absolute atomic E-state index is 0.0512. The van der Waals surface area contributed by atoms with Crippen molar-refractivity contribution in [2.75, 3.05) is 23.0 Å². The van der Waals surface area contributed by atoms with Gasteiger partial charge in [-0.15, -0.1) is 10.2 Å². The van der Waals surface area contributed by atoms with Crippen LogP contribution in [0.1, 0.15) is 40.5 Å². The Balaban J connectivity index is 1.64. The maximum Gasteiger partial charge on any atom is 0.138 e. The van der Waals surface area contributed by atoms with E-state index in [2.05, 4.69) is 58.7 Å². The second kappa shape index (κ2) is 10.3. The summed E-state index contributed by atoms with van der Waals surface area (Å²) >= 11 is 0. The van der Waals surface area contributed by atoms with Crippen LogP contribution in [0, 0.1) is 10.8 Å². The zero-order chi connectivity index (χ0) is 20.6. The Labute approximate surface area is 170 Å². The van der Waals surface area contributed by atoms with Crippen LogP contribution in [0.3, 0.4) is 0 Å². The van der Waals surface area contributed by atoms with Gasteiger partial charge < -0.3 is 0 Å². The van der Waals surface area contributed by atoms with Gasteiger partial charge in [-0.2, -0.15) is 0 Å². The normalized spacial score (nSPS) is 14.9. The molecule has 2 aromatic heterocycles. The van der Waals surface area contributed by atoms with Gasteiger partial charge in [-0.05, 0) is 44.5 Å². The van der Waals surface area contributed by atoms with E-state index in [-0.39, 0.29) is 10.8 Å². The molecule has 0 spiro atoms. The Morgan fingerprint density at radius 1 is 0.714 bits per heavy atom. The first kappa shape index (κ1) is 22.7. The third-order valence-electron chi connectivity index (χ3n) is 4.51. The summed E-state index contributed by atoms with van der Waals surface area (Å²) in [4.78, 5) is 0. The first-order valence-electron chi connectivity index (χ1n) is 9.27. The zero-order valence-electron chi connectivity index (χ0n) is 17.0. The Morgan fingerprint density at radius 2 is 1.11 bits per heavy atom. The van der Waals surface area contributed by atoms with Gasteiger partial charge in [0.2, 0.25) is 0 Å². The Hall–Kier alpha value is -1.56. The van der Waals surface area contributed by atoms with Gasteiger partial charge in [-0.25, -0.2) is 9.36 Å². The lowest BCUT2D eigenvalue weighted by Gasteiger charge is -2.24. The van der Waals surface area contributed by atoms with E-state index in [4.69, 9.17) is 0 Å². The van der Waals surface area contributed by atoms with E-state index >= 15 is 0 Å². The van der Waals surface area contributed by atoms with E-state index in [0.717, 1.165) is 12.8 Å². The Morgan fingerprint density at radius 3 is 1.43 bits per heavy atom. The topological polar surface area (TPSA) is 121 Å². The summed E-state index contributed by atoms with van der Waals surface area (Å²) in [6.45, 7) is 9.79.